The average Bonchev–Trinajstić information content (AvgIpc) is 2.23. The minimum atomic E-state index is -0.199. The Hall–Kier alpha value is -1.54. The summed E-state index contributed by atoms with van der Waals surface area (Å²) < 4.78 is 5.92. The Morgan fingerprint density at radius 2 is 2.31 bits per heavy atom. The molecule has 16 heavy (non-hydrogen) atoms. The lowest BCUT2D eigenvalue weighted by molar-refractivity contribution is -0.114. The van der Waals surface area contributed by atoms with Crippen LogP contribution in [0.15, 0.2) is 16.6 Å². The molecule has 0 fully saturated rings. The van der Waals surface area contributed by atoms with Crippen LogP contribution >= 0.6 is 15.9 Å². The molecule has 1 aromatic carbocycles. The summed E-state index contributed by atoms with van der Waals surface area (Å²) in [5, 5.41) is 11.4. The second-order valence-electron chi connectivity index (χ2n) is 3.12. The quantitative estimate of drug-likeness (QED) is 0.927. The Morgan fingerprint density at radius 1 is 1.62 bits per heavy atom. The molecule has 1 amide bonds. The first-order valence-corrected chi connectivity index (χ1v) is 5.39. The van der Waals surface area contributed by atoms with Gasteiger partial charge < -0.3 is 10.1 Å². The molecule has 0 aliphatic heterocycles. The number of hydrogen-bond acceptors (Lipinski definition) is 3. The number of anilines is 1. The van der Waals surface area contributed by atoms with Crippen LogP contribution in [-0.4, -0.2) is 13.0 Å². The predicted molar refractivity (Wildman–Crippen MR) is 64.3 cm³/mol. The molecule has 4 nitrogen and oxygen atoms in total. The van der Waals surface area contributed by atoms with E-state index in [2.05, 4.69) is 27.3 Å². The first-order chi connectivity index (χ1) is 7.60. The Balaban J connectivity index is 3.30. The van der Waals surface area contributed by atoms with Crippen LogP contribution in [0.5, 0.6) is 5.75 Å². The van der Waals surface area contributed by atoms with Crippen LogP contribution in [0, 0.1) is 11.3 Å². The van der Waals surface area contributed by atoms with Gasteiger partial charge in [-0.15, -0.1) is 0 Å². The van der Waals surface area contributed by atoms with Crippen molar-refractivity contribution in [2.45, 2.75) is 13.3 Å². The van der Waals surface area contributed by atoms with E-state index in [1.54, 1.807) is 12.1 Å². The number of carbonyl (C=O) groups is 1. The molecule has 5 heteroatoms. The average molecular weight is 283 g/mol. The number of amides is 1. The smallest absolute Gasteiger partial charge is 0.221 e. The Morgan fingerprint density at radius 3 is 2.81 bits per heavy atom. The monoisotopic (exact) mass is 282 g/mol. The molecule has 0 spiro atoms. The maximum atomic E-state index is 11.1. The van der Waals surface area contributed by atoms with Crippen molar-refractivity contribution >= 4 is 27.5 Å². The summed E-state index contributed by atoms with van der Waals surface area (Å²) in [5.41, 5.74) is 1.27. The number of carbonyl (C=O) groups excluding carboxylic acids is 1. The number of hydrogen-bond donors (Lipinski definition) is 1. The van der Waals surface area contributed by atoms with Crippen molar-refractivity contribution < 1.29 is 9.53 Å². The first kappa shape index (κ1) is 12.5. The van der Waals surface area contributed by atoms with Gasteiger partial charge in [0.15, 0.2) is 0 Å². The van der Waals surface area contributed by atoms with Crippen molar-refractivity contribution in [1.82, 2.24) is 0 Å². The molecule has 84 valence electrons. The van der Waals surface area contributed by atoms with Gasteiger partial charge in [0.25, 0.3) is 0 Å². The van der Waals surface area contributed by atoms with Gasteiger partial charge in [-0.25, -0.2) is 0 Å². The Labute approximate surface area is 102 Å². The fourth-order valence-electron chi connectivity index (χ4n) is 1.34. The lowest BCUT2D eigenvalue weighted by atomic mass is 10.1. The van der Waals surface area contributed by atoms with Crippen LogP contribution in [0.25, 0.3) is 0 Å². The highest BCUT2D eigenvalue weighted by Gasteiger charge is 2.13. The van der Waals surface area contributed by atoms with Gasteiger partial charge in [0.05, 0.1) is 25.3 Å². The molecule has 0 saturated carbocycles. The van der Waals surface area contributed by atoms with E-state index in [9.17, 15) is 4.79 Å². The zero-order valence-corrected chi connectivity index (χ0v) is 10.6. The van der Waals surface area contributed by atoms with Crippen LogP contribution in [0.1, 0.15) is 12.5 Å². The third kappa shape index (κ3) is 2.74. The zero-order valence-electron chi connectivity index (χ0n) is 9.00. The summed E-state index contributed by atoms with van der Waals surface area (Å²) in [6.45, 7) is 1.41. The van der Waals surface area contributed by atoms with E-state index in [0.717, 1.165) is 10.0 Å². The molecule has 0 bridgehead atoms. The van der Waals surface area contributed by atoms with Gasteiger partial charge in [-0.2, -0.15) is 5.26 Å². The highest BCUT2D eigenvalue weighted by molar-refractivity contribution is 9.10. The van der Waals surface area contributed by atoms with Gasteiger partial charge in [0.1, 0.15) is 5.75 Å². The van der Waals surface area contributed by atoms with Crippen LogP contribution < -0.4 is 10.1 Å². The molecule has 0 radical (unpaired) electrons. The molecular weight excluding hydrogens is 272 g/mol. The molecule has 1 aromatic rings. The van der Waals surface area contributed by atoms with Gasteiger partial charge >= 0.3 is 0 Å². The first-order valence-electron chi connectivity index (χ1n) is 4.60. The summed E-state index contributed by atoms with van der Waals surface area (Å²) in [6.07, 6.45) is 0.202. The third-order valence-corrected chi connectivity index (χ3v) is 2.74. The second kappa shape index (κ2) is 5.52. The highest BCUT2D eigenvalue weighted by atomic mass is 79.9. The van der Waals surface area contributed by atoms with Crippen LogP contribution in [0.2, 0.25) is 0 Å². The standard InChI is InChI=1S/C11H11BrN2O2/c1-7(15)14-11-8(5-6-13)9(12)3-4-10(11)16-2/h3-4H,5H2,1-2H3,(H,14,15). The summed E-state index contributed by atoms with van der Waals surface area (Å²) in [4.78, 5) is 11.1. The Kier molecular flexibility index (Phi) is 4.32. The minimum absolute atomic E-state index is 0.199. The molecule has 0 aliphatic carbocycles. The van der Waals surface area contributed by atoms with Crippen molar-refractivity contribution in [3.63, 3.8) is 0 Å². The van der Waals surface area contributed by atoms with Gasteiger partial charge in [0, 0.05) is 17.0 Å². The number of ether oxygens (including phenoxy) is 1. The van der Waals surface area contributed by atoms with Crippen LogP contribution in [0.4, 0.5) is 5.69 Å². The summed E-state index contributed by atoms with van der Waals surface area (Å²) in [7, 11) is 1.52. The van der Waals surface area contributed by atoms with E-state index in [1.165, 1.54) is 14.0 Å². The lowest BCUT2D eigenvalue weighted by Gasteiger charge is -2.13. The predicted octanol–water partition coefficient (Wildman–Crippen LogP) is 2.48. The van der Waals surface area contributed by atoms with Crippen molar-refractivity contribution in [2.75, 3.05) is 12.4 Å². The minimum Gasteiger partial charge on any atom is -0.495 e. The molecule has 0 atom stereocenters. The molecule has 0 unspecified atom stereocenters. The zero-order chi connectivity index (χ0) is 12.1. The van der Waals surface area contributed by atoms with Crippen molar-refractivity contribution in [1.29, 1.82) is 5.26 Å². The normalized spacial score (nSPS) is 9.38. The number of halogens is 1. The Bertz CT molecular complexity index is 452. The van der Waals surface area contributed by atoms with E-state index < -0.39 is 0 Å². The van der Waals surface area contributed by atoms with E-state index in [1.807, 2.05) is 0 Å². The van der Waals surface area contributed by atoms with Crippen molar-refractivity contribution in [3.8, 4) is 11.8 Å². The molecule has 0 aliphatic rings. The third-order valence-electron chi connectivity index (χ3n) is 1.99. The highest BCUT2D eigenvalue weighted by Crippen LogP contribution is 2.34. The maximum absolute atomic E-state index is 11.1. The van der Waals surface area contributed by atoms with E-state index >= 15 is 0 Å². The van der Waals surface area contributed by atoms with E-state index in [-0.39, 0.29) is 12.3 Å². The number of methoxy groups -OCH3 is 1. The second-order valence-corrected chi connectivity index (χ2v) is 3.97. The molecule has 0 aromatic heterocycles. The molecular formula is C11H11BrN2O2. The van der Waals surface area contributed by atoms with Crippen molar-refractivity contribution in [3.05, 3.63) is 22.2 Å². The van der Waals surface area contributed by atoms with Crippen LogP contribution in [0.3, 0.4) is 0 Å². The lowest BCUT2D eigenvalue weighted by Crippen LogP contribution is -2.10. The van der Waals surface area contributed by atoms with Gasteiger partial charge in [-0.05, 0) is 12.1 Å². The summed E-state index contributed by atoms with van der Waals surface area (Å²) >= 11 is 3.34. The molecule has 1 rings (SSSR count). The topological polar surface area (TPSA) is 62.1 Å². The number of rotatable bonds is 3. The fraction of sp³-hybridized carbons (Fsp3) is 0.273. The SMILES string of the molecule is COc1ccc(Br)c(CC#N)c1NC(C)=O. The van der Waals surface area contributed by atoms with Gasteiger partial charge in [-0.3, -0.25) is 4.79 Å². The fourth-order valence-corrected chi connectivity index (χ4v) is 1.81. The molecule has 0 saturated heterocycles. The van der Waals surface area contributed by atoms with E-state index in [0.29, 0.717) is 11.4 Å². The number of nitrogens with zero attached hydrogens (tertiary/aromatic N) is 1. The van der Waals surface area contributed by atoms with E-state index in [4.69, 9.17) is 10.00 Å². The van der Waals surface area contributed by atoms with Gasteiger partial charge in [0.2, 0.25) is 5.91 Å². The van der Waals surface area contributed by atoms with Crippen LogP contribution in [-0.2, 0) is 11.2 Å². The molecule has 1 N–H and O–H groups in total. The number of nitriles is 1. The summed E-state index contributed by atoms with van der Waals surface area (Å²) in [5.74, 6) is 0.347. The number of benzene rings is 1. The van der Waals surface area contributed by atoms with Gasteiger partial charge in [-0.1, -0.05) is 15.9 Å². The molecule has 0 heterocycles. The number of nitrogens with one attached hydrogen (secondary N) is 1. The van der Waals surface area contributed by atoms with Crippen molar-refractivity contribution in [2.24, 2.45) is 0 Å². The summed E-state index contributed by atoms with van der Waals surface area (Å²) in [6, 6.07) is 5.57. The maximum Gasteiger partial charge on any atom is 0.221 e. The largest absolute Gasteiger partial charge is 0.495 e.